The van der Waals surface area contributed by atoms with Crippen molar-refractivity contribution in [3.05, 3.63) is 35.4 Å². The second-order valence-corrected chi connectivity index (χ2v) is 6.08. The maximum atomic E-state index is 12.4. The molecule has 0 N–H and O–H groups in total. The van der Waals surface area contributed by atoms with Crippen molar-refractivity contribution in [3.63, 3.8) is 0 Å². The summed E-state index contributed by atoms with van der Waals surface area (Å²) < 4.78 is 5.66. The number of alkyl halides is 1. The fourth-order valence-corrected chi connectivity index (χ4v) is 2.93. The van der Waals surface area contributed by atoms with Gasteiger partial charge in [0.25, 0.3) is 0 Å². The van der Waals surface area contributed by atoms with Gasteiger partial charge in [0, 0.05) is 18.3 Å². The smallest absolute Gasteiger partial charge is 0.223 e. The van der Waals surface area contributed by atoms with Gasteiger partial charge in [-0.1, -0.05) is 40.2 Å². The third-order valence-corrected chi connectivity index (χ3v) is 4.59. The minimum absolute atomic E-state index is 0.119. The maximum absolute atomic E-state index is 12.4. The van der Waals surface area contributed by atoms with E-state index < -0.39 is 0 Å². The zero-order valence-corrected chi connectivity index (χ0v) is 13.7. The van der Waals surface area contributed by atoms with Crippen molar-refractivity contribution in [1.29, 1.82) is 0 Å². The summed E-state index contributed by atoms with van der Waals surface area (Å²) in [6.07, 6.45) is 1.51. The Balaban J connectivity index is 1.92. The molecule has 0 saturated carbocycles. The summed E-state index contributed by atoms with van der Waals surface area (Å²) in [5.41, 5.74) is 2.52. The predicted octanol–water partition coefficient (Wildman–Crippen LogP) is 2.94. The summed E-state index contributed by atoms with van der Waals surface area (Å²) in [5, 5.41) is 0.779. The summed E-state index contributed by atoms with van der Waals surface area (Å²) >= 11 is 3.43. The van der Waals surface area contributed by atoms with Gasteiger partial charge in [0.15, 0.2) is 0 Å². The first-order valence-corrected chi connectivity index (χ1v) is 8.25. The standard InChI is InChI=1S/C16H22BrNO2/c1-12-5-3-4-6-14(12)7-8-16(19)18-10-15(9-17)20-11-13(18)2/h3-6,13,15H,7-11H2,1-2H3. The van der Waals surface area contributed by atoms with E-state index in [1.165, 1.54) is 11.1 Å². The van der Waals surface area contributed by atoms with E-state index in [0.29, 0.717) is 19.6 Å². The first kappa shape index (κ1) is 15.5. The summed E-state index contributed by atoms with van der Waals surface area (Å²) in [5.74, 6) is 0.231. The Kier molecular flexibility index (Phi) is 5.61. The highest BCUT2D eigenvalue weighted by Gasteiger charge is 2.28. The van der Waals surface area contributed by atoms with Crippen LogP contribution in [0.4, 0.5) is 0 Å². The van der Waals surface area contributed by atoms with Gasteiger partial charge in [-0.2, -0.15) is 0 Å². The topological polar surface area (TPSA) is 29.5 Å². The number of carbonyl (C=O) groups excluding carboxylic acids is 1. The number of nitrogens with zero attached hydrogens (tertiary/aromatic N) is 1. The molecule has 2 rings (SSSR count). The minimum Gasteiger partial charge on any atom is -0.373 e. The largest absolute Gasteiger partial charge is 0.373 e. The molecule has 1 aromatic rings. The lowest BCUT2D eigenvalue weighted by molar-refractivity contribution is -0.142. The average Bonchev–Trinajstić information content (AvgIpc) is 2.46. The Morgan fingerprint density at radius 2 is 2.20 bits per heavy atom. The molecule has 1 saturated heterocycles. The molecule has 0 spiro atoms. The lowest BCUT2D eigenvalue weighted by Gasteiger charge is -2.37. The van der Waals surface area contributed by atoms with Gasteiger partial charge in [-0.25, -0.2) is 0 Å². The predicted molar refractivity (Wildman–Crippen MR) is 84.2 cm³/mol. The third kappa shape index (κ3) is 3.83. The number of carbonyl (C=O) groups is 1. The molecule has 0 aromatic heterocycles. The van der Waals surface area contributed by atoms with Gasteiger partial charge >= 0.3 is 0 Å². The van der Waals surface area contributed by atoms with Crippen molar-refractivity contribution in [1.82, 2.24) is 4.90 Å². The Hall–Kier alpha value is -0.870. The van der Waals surface area contributed by atoms with E-state index in [0.717, 1.165) is 11.8 Å². The van der Waals surface area contributed by atoms with Crippen molar-refractivity contribution < 1.29 is 9.53 Å². The highest BCUT2D eigenvalue weighted by molar-refractivity contribution is 9.09. The van der Waals surface area contributed by atoms with Crippen LogP contribution in [0.15, 0.2) is 24.3 Å². The molecular formula is C16H22BrNO2. The molecule has 1 aliphatic rings. The Morgan fingerprint density at radius 3 is 2.90 bits per heavy atom. The molecule has 1 heterocycles. The van der Waals surface area contributed by atoms with Crippen LogP contribution in [0, 0.1) is 6.92 Å². The first-order chi connectivity index (χ1) is 9.61. The summed E-state index contributed by atoms with van der Waals surface area (Å²) in [4.78, 5) is 14.4. The van der Waals surface area contributed by atoms with Gasteiger partial charge in [0.05, 0.1) is 18.8 Å². The van der Waals surface area contributed by atoms with Crippen molar-refractivity contribution in [2.45, 2.75) is 38.8 Å². The fraction of sp³-hybridized carbons (Fsp3) is 0.562. The molecule has 3 nitrogen and oxygen atoms in total. The van der Waals surface area contributed by atoms with Gasteiger partial charge in [-0.15, -0.1) is 0 Å². The van der Waals surface area contributed by atoms with E-state index in [1.807, 2.05) is 17.0 Å². The number of hydrogen-bond donors (Lipinski definition) is 0. The van der Waals surface area contributed by atoms with Crippen LogP contribution in [0.25, 0.3) is 0 Å². The molecule has 2 atom stereocenters. The van der Waals surface area contributed by atoms with E-state index in [1.54, 1.807) is 0 Å². The second kappa shape index (κ2) is 7.23. The van der Waals surface area contributed by atoms with Crippen LogP contribution in [-0.4, -0.2) is 41.4 Å². The van der Waals surface area contributed by atoms with Crippen LogP contribution >= 0.6 is 15.9 Å². The molecule has 1 aromatic carbocycles. The van der Waals surface area contributed by atoms with Crippen LogP contribution in [0.2, 0.25) is 0 Å². The quantitative estimate of drug-likeness (QED) is 0.789. The number of rotatable bonds is 4. The number of amides is 1. The van der Waals surface area contributed by atoms with E-state index in [4.69, 9.17) is 4.74 Å². The Bertz CT molecular complexity index is 464. The Morgan fingerprint density at radius 1 is 1.45 bits per heavy atom. The molecule has 2 unspecified atom stereocenters. The van der Waals surface area contributed by atoms with E-state index >= 15 is 0 Å². The van der Waals surface area contributed by atoms with Gasteiger partial charge in [0.2, 0.25) is 5.91 Å². The average molecular weight is 340 g/mol. The maximum Gasteiger partial charge on any atom is 0.223 e. The highest BCUT2D eigenvalue weighted by Crippen LogP contribution is 2.16. The summed E-state index contributed by atoms with van der Waals surface area (Å²) in [6, 6.07) is 8.44. The number of hydrogen-bond acceptors (Lipinski definition) is 2. The number of halogens is 1. The van der Waals surface area contributed by atoms with Crippen LogP contribution in [0.3, 0.4) is 0 Å². The molecule has 1 amide bonds. The Labute approximate surface area is 129 Å². The lowest BCUT2D eigenvalue weighted by atomic mass is 10.0. The van der Waals surface area contributed by atoms with Crippen LogP contribution in [0.5, 0.6) is 0 Å². The molecule has 20 heavy (non-hydrogen) atoms. The van der Waals surface area contributed by atoms with E-state index in [-0.39, 0.29) is 18.1 Å². The first-order valence-electron chi connectivity index (χ1n) is 7.13. The number of ether oxygens (including phenoxy) is 1. The van der Waals surface area contributed by atoms with Crippen molar-refractivity contribution in [2.75, 3.05) is 18.5 Å². The van der Waals surface area contributed by atoms with Crippen molar-refractivity contribution in [3.8, 4) is 0 Å². The second-order valence-electron chi connectivity index (χ2n) is 5.43. The normalized spacial score (nSPS) is 22.9. The summed E-state index contributed by atoms with van der Waals surface area (Å²) in [6.45, 7) is 5.47. The molecule has 110 valence electrons. The number of benzene rings is 1. The molecule has 0 aliphatic carbocycles. The monoisotopic (exact) mass is 339 g/mol. The fourth-order valence-electron chi connectivity index (χ4n) is 2.53. The number of morpholine rings is 1. The minimum atomic E-state index is 0.119. The van der Waals surface area contributed by atoms with E-state index in [2.05, 4.69) is 41.9 Å². The molecule has 0 bridgehead atoms. The molecule has 1 aliphatic heterocycles. The molecule has 0 radical (unpaired) electrons. The van der Waals surface area contributed by atoms with E-state index in [9.17, 15) is 4.79 Å². The molecule has 4 heteroatoms. The van der Waals surface area contributed by atoms with Crippen molar-refractivity contribution >= 4 is 21.8 Å². The van der Waals surface area contributed by atoms with Crippen LogP contribution in [0.1, 0.15) is 24.5 Å². The number of aryl methyl sites for hydroxylation is 2. The highest BCUT2D eigenvalue weighted by atomic mass is 79.9. The van der Waals surface area contributed by atoms with Crippen molar-refractivity contribution in [2.24, 2.45) is 0 Å². The molecular weight excluding hydrogens is 318 g/mol. The zero-order valence-electron chi connectivity index (χ0n) is 12.1. The van der Waals surface area contributed by atoms with Gasteiger partial charge < -0.3 is 9.64 Å². The summed E-state index contributed by atoms with van der Waals surface area (Å²) in [7, 11) is 0. The van der Waals surface area contributed by atoms with Crippen LogP contribution in [-0.2, 0) is 16.0 Å². The molecule has 1 fully saturated rings. The SMILES string of the molecule is Cc1ccccc1CCC(=O)N1CC(CBr)OCC1C. The van der Waals surface area contributed by atoms with Gasteiger partial charge in [-0.05, 0) is 31.4 Å². The van der Waals surface area contributed by atoms with Gasteiger partial charge in [0.1, 0.15) is 0 Å². The lowest BCUT2D eigenvalue weighted by Crippen LogP contribution is -2.51. The zero-order chi connectivity index (χ0) is 14.5. The third-order valence-electron chi connectivity index (χ3n) is 3.87. The van der Waals surface area contributed by atoms with Gasteiger partial charge in [-0.3, -0.25) is 4.79 Å². The van der Waals surface area contributed by atoms with Crippen LogP contribution < -0.4 is 0 Å².